The van der Waals surface area contributed by atoms with Gasteiger partial charge in [0, 0.05) is 12.1 Å². The minimum absolute atomic E-state index is 0.0697. The van der Waals surface area contributed by atoms with Gasteiger partial charge < -0.3 is 4.90 Å². The highest BCUT2D eigenvalue weighted by Crippen LogP contribution is 2.49. The second-order valence-corrected chi connectivity index (χ2v) is 8.28. The molecule has 1 fully saturated rings. The molecule has 2 aromatic carbocycles. The zero-order valence-electron chi connectivity index (χ0n) is 17.8. The summed E-state index contributed by atoms with van der Waals surface area (Å²) in [6.07, 6.45) is 0. The Balaban J connectivity index is 1.89. The average Bonchev–Trinajstić information content (AvgIpc) is 3.09. The van der Waals surface area contributed by atoms with E-state index < -0.39 is 23.4 Å². The average molecular weight is 415 g/mol. The predicted molar refractivity (Wildman–Crippen MR) is 119 cm³/mol. The normalized spacial score (nSPS) is 20.1. The number of carbonyl (C=O) groups is 3. The lowest BCUT2D eigenvalue weighted by Crippen LogP contribution is -2.54. The van der Waals surface area contributed by atoms with Crippen molar-refractivity contribution >= 4 is 23.5 Å². The van der Waals surface area contributed by atoms with Gasteiger partial charge in [-0.15, -0.1) is 0 Å². The molecule has 0 N–H and O–H groups in total. The molecule has 1 atom stereocenters. The maximum absolute atomic E-state index is 14.0. The lowest BCUT2D eigenvalue weighted by atomic mass is 9.89. The van der Waals surface area contributed by atoms with Crippen molar-refractivity contribution in [3.05, 3.63) is 90.0 Å². The number of hydrogen-bond acceptors (Lipinski definition) is 3. The SMILES string of the molecule is C=C(C)CN1C(=O)N(CC(=C)C)C2(C1=O)C(=O)N(Cc1ccccc1)c1ccccc12. The van der Waals surface area contributed by atoms with E-state index in [-0.39, 0.29) is 13.1 Å². The summed E-state index contributed by atoms with van der Waals surface area (Å²) in [7, 11) is 0. The zero-order chi connectivity index (χ0) is 22.3. The van der Waals surface area contributed by atoms with Gasteiger partial charge in [0.05, 0.1) is 18.8 Å². The first kappa shape index (κ1) is 20.6. The molecule has 2 aromatic rings. The fraction of sp³-hybridized carbons (Fsp3) is 0.240. The molecule has 6 nitrogen and oxygen atoms in total. The Hall–Kier alpha value is -3.67. The summed E-state index contributed by atoms with van der Waals surface area (Å²) in [6.45, 7) is 11.8. The van der Waals surface area contributed by atoms with Crippen molar-refractivity contribution in [2.45, 2.75) is 25.9 Å². The molecule has 1 unspecified atom stereocenters. The first-order valence-electron chi connectivity index (χ1n) is 10.2. The lowest BCUT2D eigenvalue weighted by Gasteiger charge is -2.31. The second-order valence-electron chi connectivity index (χ2n) is 8.28. The number of imide groups is 1. The van der Waals surface area contributed by atoms with Gasteiger partial charge in [-0.2, -0.15) is 0 Å². The number of hydrogen-bond donors (Lipinski definition) is 0. The number of fused-ring (bicyclic) bond motifs is 2. The topological polar surface area (TPSA) is 60.9 Å². The Morgan fingerprint density at radius 1 is 0.806 bits per heavy atom. The number of carbonyl (C=O) groups excluding carboxylic acids is 3. The number of benzene rings is 2. The van der Waals surface area contributed by atoms with Crippen molar-refractivity contribution in [2.75, 3.05) is 18.0 Å². The third-order valence-corrected chi connectivity index (χ3v) is 5.60. The number of para-hydroxylation sites is 1. The van der Waals surface area contributed by atoms with Crippen LogP contribution in [0.3, 0.4) is 0 Å². The van der Waals surface area contributed by atoms with Gasteiger partial charge in [0.1, 0.15) is 0 Å². The quantitative estimate of drug-likeness (QED) is 0.409. The van der Waals surface area contributed by atoms with E-state index in [0.717, 1.165) is 10.5 Å². The van der Waals surface area contributed by atoms with Gasteiger partial charge in [-0.05, 0) is 25.5 Å². The first-order chi connectivity index (χ1) is 14.8. The summed E-state index contributed by atoms with van der Waals surface area (Å²) in [5.41, 5.74) is 1.72. The standard InChI is InChI=1S/C25H25N3O3/c1-17(2)14-27-23(30)25(28(24(27)31)15-18(3)4)20-12-8-9-13-21(20)26(22(25)29)16-19-10-6-5-7-11-19/h5-13H,1,3,14-16H2,2,4H3. The van der Waals surface area contributed by atoms with Crippen LogP contribution in [0.15, 0.2) is 78.9 Å². The van der Waals surface area contributed by atoms with Crippen molar-refractivity contribution in [1.82, 2.24) is 9.80 Å². The van der Waals surface area contributed by atoms with Crippen molar-refractivity contribution in [1.29, 1.82) is 0 Å². The van der Waals surface area contributed by atoms with Crippen LogP contribution in [0.4, 0.5) is 10.5 Å². The van der Waals surface area contributed by atoms with Gasteiger partial charge in [0.15, 0.2) is 0 Å². The maximum atomic E-state index is 14.0. The van der Waals surface area contributed by atoms with Crippen LogP contribution in [0.25, 0.3) is 0 Å². The van der Waals surface area contributed by atoms with Gasteiger partial charge in [-0.25, -0.2) is 4.79 Å². The van der Waals surface area contributed by atoms with Crippen molar-refractivity contribution < 1.29 is 14.4 Å². The number of anilines is 1. The monoisotopic (exact) mass is 415 g/mol. The molecule has 6 heteroatoms. The molecule has 2 heterocycles. The fourth-order valence-electron chi connectivity index (χ4n) is 4.38. The van der Waals surface area contributed by atoms with Gasteiger partial charge in [0.2, 0.25) is 5.54 Å². The smallest absolute Gasteiger partial charge is 0.305 e. The maximum Gasteiger partial charge on any atom is 0.328 e. The van der Waals surface area contributed by atoms with Gasteiger partial charge in [-0.1, -0.05) is 72.8 Å². The van der Waals surface area contributed by atoms with E-state index in [0.29, 0.717) is 28.9 Å². The van der Waals surface area contributed by atoms with Crippen LogP contribution < -0.4 is 4.90 Å². The molecule has 2 aliphatic heterocycles. The van der Waals surface area contributed by atoms with Crippen LogP contribution in [-0.4, -0.2) is 40.7 Å². The third kappa shape index (κ3) is 3.06. The molecule has 0 saturated carbocycles. The summed E-state index contributed by atoms with van der Waals surface area (Å²) >= 11 is 0. The zero-order valence-corrected chi connectivity index (χ0v) is 17.8. The molecule has 158 valence electrons. The van der Waals surface area contributed by atoms with E-state index >= 15 is 0 Å². The predicted octanol–water partition coefficient (Wildman–Crippen LogP) is 3.85. The van der Waals surface area contributed by atoms with Crippen molar-refractivity contribution in [3.63, 3.8) is 0 Å². The molecule has 2 aliphatic rings. The summed E-state index contributed by atoms with van der Waals surface area (Å²) < 4.78 is 0. The van der Waals surface area contributed by atoms with Gasteiger partial charge in [-0.3, -0.25) is 19.4 Å². The Labute approximate surface area is 182 Å². The Kier molecular flexibility index (Phi) is 5.01. The van der Waals surface area contributed by atoms with Crippen LogP contribution in [-0.2, 0) is 21.7 Å². The minimum atomic E-state index is -1.73. The molecule has 0 aromatic heterocycles. The molecule has 0 bridgehead atoms. The van der Waals surface area contributed by atoms with E-state index in [1.165, 1.54) is 4.90 Å². The molecule has 31 heavy (non-hydrogen) atoms. The van der Waals surface area contributed by atoms with Crippen LogP contribution in [0.2, 0.25) is 0 Å². The fourth-order valence-corrected chi connectivity index (χ4v) is 4.38. The van der Waals surface area contributed by atoms with Crippen LogP contribution in [0.1, 0.15) is 25.0 Å². The molecule has 0 aliphatic carbocycles. The van der Waals surface area contributed by atoms with Crippen LogP contribution in [0, 0.1) is 0 Å². The van der Waals surface area contributed by atoms with Crippen LogP contribution in [0.5, 0.6) is 0 Å². The molecular weight excluding hydrogens is 390 g/mol. The largest absolute Gasteiger partial charge is 0.328 e. The molecular formula is C25H25N3O3. The minimum Gasteiger partial charge on any atom is -0.305 e. The second kappa shape index (κ2) is 7.54. The van der Waals surface area contributed by atoms with Gasteiger partial charge in [0.25, 0.3) is 11.8 Å². The van der Waals surface area contributed by atoms with E-state index in [1.807, 2.05) is 42.5 Å². The summed E-state index contributed by atoms with van der Waals surface area (Å²) in [5, 5.41) is 0. The van der Waals surface area contributed by atoms with Crippen molar-refractivity contribution in [3.8, 4) is 0 Å². The third-order valence-electron chi connectivity index (χ3n) is 5.60. The lowest BCUT2D eigenvalue weighted by molar-refractivity contribution is -0.141. The summed E-state index contributed by atoms with van der Waals surface area (Å²) in [5.74, 6) is -0.948. The number of nitrogens with zero attached hydrogens (tertiary/aromatic N) is 3. The van der Waals surface area contributed by atoms with E-state index in [1.54, 1.807) is 30.9 Å². The summed E-state index contributed by atoms with van der Waals surface area (Å²) in [6, 6.07) is 16.3. The number of rotatable bonds is 6. The molecule has 4 amide bonds. The van der Waals surface area contributed by atoms with Crippen LogP contribution >= 0.6 is 0 Å². The van der Waals surface area contributed by atoms with E-state index in [2.05, 4.69) is 13.2 Å². The first-order valence-corrected chi connectivity index (χ1v) is 10.2. The summed E-state index contributed by atoms with van der Waals surface area (Å²) in [4.78, 5) is 45.2. The Morgan fingerprint density at radius 3 is 2.03 bits per heavy atom. The Bertz CT molecular complexity index is 1110. The van der Waals surface area contributed by atoms with E-state index in [9.17, 15) is 14.4 Å². The van der Waals surface area contributed by atoms with E-state index in [4.69, 9.17) is 0 Å². The molecule has 0 radical (unpaired) electrons. The number of amides is 4. The number of urea groups is 1. The molecule has 1 saturated heterocycles. The van der Waals surface area contributed by atoms with Gasteiger partial charge >= 0.3 is 6.03 Å². The highest BCUT2D eigenvalue weighted by Gasteiger charge is 2.68. The van der Waals surface area contributed by atoms with Crippen molar-refractivity contribution in [2.24, 2.45) is 0 Å². The molecule has 4 rings (SSSR count). The highest BCUT2D eigenvalue weighted by atomic mass is 16.2. The Morgan fingerprint density at radius 2 is 1.39 bits per heavy atom. The molecule has 1 spiro atoms. The highest BCUT2D eigenvalue weighted by molar-refractivity contribution is 6.27.